The van der Waals surface area contributed by atoms with Gasteiger partial charge >= 0.3 is 0 Å². The smallest absolute Gasteiger partial charge is 0.153 e. The molecule has 0 saturated carbocycles. The monoisotopic (exact) mass is 344 g/mol. The van der Waals surface area contributed by atoms with Crippen molar-refractivity contribution in [1.82, 2.24) is 9.88 Å². The van der Waals surface area contributed by atoms with Gasteiger partial charge in [0, 0.05) is 12.1 Å². The molecule has 0 amide bonds. The van der Waals surface area contributed by atoms with Gasteiger partial charge in [0.25, 0.3) is 0 Å². The van der Waals surface area contributed by atoms with Gasteiger partial charge in [0.1, 0.15) is 0 Å². The van der Waals surface area contributed by atoms with Crippen LogP contribution in [0.5, 0.6) is 0 Å². The van der Waals surface area contributed by atoms with Crippen molar-refractivity contribution in [1.29, 1.82) is 0 Å². The summed E-state index contributed by atoms with van der Waals surface area (Å²) in [5.74, 6) is -1.45. The average molecular weight is 345 g/mol. The van der Waals surface area contributed by atoms with Crippen molar-refractivity contribution >= 4 is 22.9 Å². The second kappa shape index (κ2) is 6.57. The van der Waals surface area contributed by atoms with E-state index in [1.54, 1.807) is 11.0 Å². The van der Waals surface area contributed by atoms with E-state index >= 15 is 0 Å². The van der Waals surface area contributed by atoms with Crippen LogP contribution in [-0.4, -0.2) is 16.4 Å². The van der Waals surface area contributed by atoms with Crippen LogP contribution in [0.15, 0.2) is 66.1 Å². The van der Waals surface area contributed by atoms with Crippen molar-refractivity contribution < 1.29 is 8.78 Å². The Labute approximate surface area is 144 Å². The first kappa shape index (κ1) is 16.4. The third kappa shape index (κ3) is 2.74. The largest absolute Gasteiger partial charge is 0.340 e. The van der Waals surface area contributed by atoms with Crippen LogP contribution in [-0.2, 0) is 0 Å². The lowest BCUT2D eigenvalue weighted by molar-refractivity contribution is 0.506. The Balaban J connectivity index is 2.37. The molecule has 2 nitrogen and oxygen atoms in total. The molecule has 1 aromatic carbocycles. The molecule has 0 spiro atoms. The number of allylic oxidation sites excluding steroid dienone is 3. The van der Waals surface area contributed by atoms with E-state index in [4.69, 9.17) is 11.6 Å². The van der Waals surface area contributed by atoms with Gasteiger partial charge < -0.3 is 4.90 Å². The fourth-order valence-electron chi connectivity index (χ4n) is 2.78. The van der Waals surface area contributed by atoms with Gasteiger partial charge in [0.05, 0.1) is 34.4 Å². The summed E-state index contributed by atoms with van der Waals surface area (Å²) in [4.78, 5) is 5.28. The van der Waals surface area contributed by atoms with Gasteiger partial charge in [-0.2, -0.15) is 0 Å². The average Bonchev–Trinajstić information content (AvgIpc) is 2.58. The Morgan fingerprint density at radius 1 is 1.12 bits per heavy atom. The molecule has 1 aliphatic heterocycles. The van der Waals surface area contributed by atoms with Crippen LogP contribution in [0.25, 0.3) is 11.3 Å². The van der Waals surface area contributed by atoms with Crippen LogP contribution >= 0.6 is 11.6 Å². The van der Waals surface area contributed by atoms with E-state index in [0.717, 1.165) is 18.0 Å². The molecule has 1 aromatic heterocycles. The summed E-state index contributed by atoms with van der Waals surface area (Å²) in [6.07, 6.45) is 3.70. The Kier molecular flexibility index (Phi) is 4.49. The van der Waals surface area contributed by atoms with Crippen LogP contribution in [0.2, 0.25) is 0 Å². The molecule has 1 aliphatic rings. The van der Waals surface area contributed by atoms with Crippen LogP contribution in [0.3, 0.4) is 0 Å². The van der Waals surface area contributed by atoms with Crippen LogP contribution in [0.1, 0.15) is 18.1 Å². The minimum atomic E-state index is -0.726. The molecular weight excluding hydrogens is 330 g/mol. The van der Waals surface area contributed by atoms with Gasteiger partial charge in [-0.3, -0.25) is 4.98 Å². The van der Waals surface area contributed by atoms with Gasteiger partial charge in [-0.1, -0.05) is 48.5 Å². The van der Waals surface area contributed by atoms with E-state index in [0.29, 0.717) is 28.5 Å². The lowest BCUT2D eigenvalue weighted by Gasteiger charge is -2.33. The number of rotatable bonds is 3. The van der Waals surface area contributed by atoms with Crippen molar-refractivity contribution in [2.75, 3.05) is 6.54 Å². The number of aromatic nitrogens is 1. The summed E-state index contributed by atoms with van der Waals surface area (Å²) in [5.41, 5.74) is 2.22. The molecule has 0 unspecified atom stereocenters. The molecule has 2 heterocycles. The number of pyridine rings is 1. The fraction of sp³-hybridized carbons (Fsp3) is 0.105. The van der Waals surface area contributed by atoms with E-state index in [-0.39, 0.29) is 5.56 Å². The highest BCUT2D eigenvalue weighted by Crippen LogP contribution is 2.41. The summed E-state index contributed by atoms with van der Waals surface area (Å²) < 4.78 is 28.8. The second-order valence-electron chi connectivity index (χ2n) is 5.29. The van der Waals surface area contributed by atoms with Crippen LogP contribution in [0.4, 0.5) is 8.78 Å². The summed E-state index contributed by atoms with van der Waals surface area (Å²) in [7, 11) is 0. The third-order valence-electron chi connectivity index (χ3n) is 3.89. The Hall–Kier alpha value is -2.46. The molecule has 2 aromatic rings. The van der Waals surface area contributed by atoms with E-state index in [1.165, 1.54) is 0 Å². The maximum absolute atomic E-state index is 14.4. The third-order valence-corrected chi connectivity index (χ3v) is 4.22. The molecule has 122 valence electrons. The molecule has 0 radical (unpaired) electrons. The summed E-state index contributed by atoms with van der Waals surface area (Å²) in [5, 5.41) is 0.439. The number of halogens is 3. The molecule has 0 N–H and O–H groups in total. The predicted octanol–water partition coefficient (Wildman–Crippen LogP) is 5.20. The van der Waals surface area contributed by atoms with Gasteiger partial charge in [0.15, 0.2) is 11.6 Å². The van der Waals surface area contributed by atoms with Crippen molar-refractivity contribution in [3.8, 4) is 0 Å². The number of hydrogen-bond donors (Lipinski definition) is 0. The summed E-state index contributed by atoms with van der Waals surface area (Å²) in [6, 6.07) is 9.34. The fourth-order valence-corrected chi connectivity index (χ4v) is 2.99. The predicted molar refractivity (Wildman–Crippen MR) is 92.9 cm³/mol. The number of likely N-dealkylation sites (N-methyl/N-ethyl adjacent to an activating group) is 1. The normalized spacial score (nSPS) is 14.9. The van der Waals surface area contributed by atoms with Crippen molar-refractivity contribution in [3.05, 3.63) is 88.9 Å². The topological polar surface area (TPSA) is 16.1 Å². The number of hydrogen-bond acceptors (Lipinski definition) is 2. The van der Waals surface area contributed by atoms with Gasteiger partial charge in [-0.25, -0.2) is 8.78 Å². The van der Waals surface area contributed by atoms with Crippen molar-refractivity contribution in [2.45, 2.75) is 6.92 Å². The minimum Gasteiger partial charge on any atom is -0.340 e. The Morgan fingerprint density at radius 2 is 1.75 bits per heavy atom. The Morgan fingerprint density at radius 3 is 2.33 bits per heavy atom. The van der Waals surface area contributed by atoms with Crippen LogP contribution in [0, 0.1) is 11.6 Å². The molecule has 5 heteroatoms. The van der Waals surface area contributed by atoms with E-state index < -0.39 is 11.6 Å². The second-order valence-corrected chi connectivity index (χ2v) is 5.70. The highest BCUT2D eigenvalue weighted by atomic mass is 35.5. The molecule has 3 rings (SSSR count). The lowest BCUT2D eigenvalue weighted by atomic mass is 9.94. The van der Waals surface area contributed by atoms with Gasteiger partial charge in [-0.05, 0) is 18.6 Å². The van der Waals surface area contributed by atoms with E-state index in [9.17, 15) is 8.78 Å². The lowest BCUT2D eigenvalue weighted by Crippen LogP contribution is -2.26. The van der Waals surface area contributed by atoms with Gasteiger partial charge in [0.2, 0.25) is 0 Å². The maximum atomic E-state index is 14.4. The zero-order valence-electron chi connectivity index (χ0n) is 13.1. The molecule has 0 aliphatic carbocycles. The molecule has 0 fully saturated rings. The van der Waals surface area contributed by atoms with Crippen molar-refractivity contribution in [3.63, 3.8) is 0 Å². The standard InChI is InChI=1S/C19H15ClF2N2/c1-3-24-12(2)15(20)9-14(13-7-5-4-6-8-13)19(24)18-16(21)10-23-11-17(18)22/h4-11H,2-3H2,1H3. The zero-order chi connectivity index (χ0) is 17.3. The highest BCUT2D eigenvalue weighted by molar-refractivity contribution is 6.33. The quantitative estimate of drug-likeness (QED) is 0.760. The van der Waals surface area contributed by atoms with E-state index in [1.807, 2.05) is 37.3 Å². The number of nitrogens with zero attached hydrogens (tertiary/aromatic N) is 2. The molecule has 0 bridgehead atoms. The SMILES string of the molecule is C=C1C(Cl)=CC(c2ccccc2)=C(c2c(F)cncc2F)N1CC. The summed E-state index contributed by atoms with van der Waals surface area (Å²) >= 11 is 6.30. The highest BCUT2D eigenvalue weighted by Gasteiger charge is 2.28. The molecule has 0 atom stereocenters. The van der Waals surface area contributed by atoms with Crippen molar-refractivity contribution in [2.24, 2.45) is 0 Å². The Bertz CT molecular complexity index is 837. The zero-order valence-corrected chi connectivity index (χ0v) is 13.8. The summed E-state index contributed by atoms with van der Waals surface area (Å²) in [6.45, 7) is 6.28. The molecular formula is C19H15ClF2N2. The maximum Gasteiger partial charge on any atom is 0.153 e. The first-order valence-corrected chi connectivity index (χ1v) is 7.85. The minimum absolute atomic E-state index is 0.132. The van der Waals surface area contributed by atoms with Gasteiger partial charge in [-0.15, -0.1) is 0 Å². The van der Waals surface area contributed by atoms with E-state index in [2.05, 4.69) is 11.6 Å². The number of benzene rings is 1. The molecule has 0 saturated heterocycles. The first-order chi connectivity index (χ1) is 11.5. The molecule has 24 heavy (non-hydrogen) atoms. The first-order valence-electron chi connectivity index (χ1n) is 7.47. The van der Waals surface area contributed by atoms with Crippen LogP contribution < -0.4 is 0 Å².